The van der Waals surface area contributed by atoms with E-state index in [1.165, 1.54) is 0 Å². The van der Waals surface area contributed by atoms with Crippen LogP contribution in [-0.4, -0.2) is 29.9 Å². The second kappa shape index (κ2) is 6.85. The van der Waals surface area contributed by atoms with Gasteiger partial charge in [0.15, 0.2) is 0 Å². The fourth-order valence-corrected chi connectivity index (χ4v) is 2.05. The van der Waals surface area contributed by atoms with Gasteiger partial charge in [0.05, 0.1) is 13.1 Å². The van der Waals surface area contributed by atoms with Gasteiger partial charge < -0.3 is 16.0 Å². The zero-order valence-electron chi connectivity index (χ0n) is 11.8. The zero-order chi connectivity index (χ0) is 15.6. The minimum atomic E-state index is -3.20. The summed E-state index contributed by atoms with van der Waals surface area (Å²) < 4.78 is 26.1. The number of aromatic amines is 1. The molecule has 1 aromatic carbocycles. The smallest absolute Gasteiger partial charge is 0.277 e. The number of hydrogen-bond donors (Lipinski definition) is 3. The Morgan fingerprint density at radius 2 is 2.00 bits per heavy atom. The van der Waals surface area contributed by atoms with Crippen LogP contribution >= 0.6 is 12.4 Å². The molecule has 0 aliphatic heterocycles. The second-order valence-corrected chi connectivity index (χ2v) is 4.74. The highest BCUT2D eigenvalue weighted by Crippen LogP contribution is 2.17. The van der Waals surface area contributed by atoms with Gasteiger partial charge in [-0.25, -0.2) is 8.78 Å². The molecule has 1 amide bonds. The lowest BCUT2D eigenvalue weighted by Gasteiger charge is -2.15. The highest BCUT2D eigenvalue weighted by molar-refractivity contribution is 5.99. The number of rotatable bonds is 4. The molecule has 0 radical (unpaired) electrons. The van der Waals surface area contributed by atoms with Gasteiger partial charge in [-0.15, -0.1) is 12.4 Å². The monoisotopic (exact) mass is 331 g/mol. The summed E-state index contributed by atoms with van der Waals surface area (Å²) in [5, 5.41) is 2.74. The molecular formula is C14H16ClF2N3O2. The predicted molar refractivity (Wildman–Crippen MR) is 82.9 cm³/mol. The molecule has 1 heterocycles. The van der Waals surface area contributed by atoms with Crippen molar-refractivity contribution < 1.29 is 13.6 Å². The van der Waals surface area contributed by atoms with Crippen molar-refractivity contribution in [2.75, 3.05) is 13.1 Å². The molecule has 0 saturated heterocycles. The van der Waals surface area contributed by atoms with Crippen LogP contribution in [0.3, 0.4) is 0 Å². The molecule has 4 N–H and O–H groups in total. The number of aryl methyl sites for hydroxylation is 1. The molecule has 8 heteroatoms. The number of H-pyrrole nitrogens is 1. The molecule has 0 aliphatic rings. The Labute approximate surface area is 131 Å². The minimum absolute atomic E-state index is 0. The third-order valence-corrected chi connectivity index (χ3v) is 3.21. The Bertz CT molecular complexity index is 746. The number of nitrogens with one attached hydrogen (secondary N) is 2. The van der Waals surface area contributed by atoms with E-state index in [1.54, 1.807) is 31.2 Å². The quantitative estimate of drug-likeness (QED) is 0.795. The summed E-state index contributed by atoms with van der Waals surface area (Å²) in [4.78, 5) is 26.5. The SMILES string of the molecule is Cc1c(C(=O)NCC(F)(F)CN)c(=O)[nH]c2ccccc12.Cl. The predicted octanol–water partition coefficient (Wildman–Crippen LogP) is 1.58. The van der Waals surface area contributed by atoms with Crippen molar-refractivity contribution in [3.63, 3.8) is 0 Å². The van der Waals surface area contributed by atoms with Crippen LogP contribution in [0.2, 0.25) is 0 Å². The summed E-state index contributed by atoms with van der Waals surface area (Å²) in [7, 11) is 0. The lowest BCUT2D eigenvalue weighted by molar-refractivity contribution is 0.0118. The van der Waals surface area contributed by atoms with E-state index in [-0.39, 0.29) is 18.0 Å². The lowest BCUT2D eigenvalue weighted by Crippen LogP contribution is -2.43. The van der Waals surface area contributed by atoms with Gasteiger partial charge in [0.2, 0.25) is 0 Å². The number of carbonyl (C=O) groups is 1. The maximum absolute atomic E-state index is 13.1. The van der Waals surface area contributed by atoms with Gasteiger partial charge in [-0.3, -0.25) is 9.59 Å². The Morgan fingerprint density at radius 1 is 1.36 bits per heavy atom. The van der Waals surface area contributed by atoms with E-state index in [0.29, 0.717) is 16.5 Å². The van der Waals surface area contributed by atoms with Crippen LogP contribution in [0.1, 0.15) is 15.9 Å². The number of aromatic nitrogens is 1. The van der Waals surface area contributed by atoms with E-state index in [9.17, 15) is 18.4 Å². The van der Waals surface area contributed by atoms with Crippen molar-refractivity contribution in [2.45, 2.75) is 12.8 Å². The fraction of sp³-hybridized carbons (Fsp3) is 0.286. The number of carbonyl (C=O) groups excluding carboxylic acids is 1. The maximum atomic E-state index is 13.1. The van der Waals surface area contributed by atoms with Crippen LogP contribution in [-0.2, 0) is 0 Å². The topological polar surface area (TPSA) is 88.0 Å². The molecule has 22 heavy (non-hydrogen) atoms. The number of halogens is 3. The fourth-order valence-electron chi connectivity index (χ4n) is 2.05. The lowest BCUT2D eigenvalue weighted by atomic mass is 10.0. The van der Waals surface area contributed by atoms with Gasteiger partial charge in [-0.1, -0.05) is 18.2 Å². The van der Waals surface area contributed by atoms with E-state index >= 15 is 0 Å². The second-order valence-electron chi connectivity index (χ2n) is 4.74. The number of nitrogens with two attached hydrogens (primary N) is 1. The highest BCUT2D eigenvalue weighted by atomic mass is 35.5. The molecule has 0 bridgehead atoms. The molecule has 1 aromatic heterocycles. The number of benzene rings is 1. The van der Waals surface area contributed by atoms with Crippen LogP contribution in [0, 0.1) is 6.92 Å². The Hall–Kier alpha value is -1.99. The van der Waals surface area contributed by atoms with Crippen molar-refractivity contribution in [1.29, 1.82) is 0 Å². The molecule has 2 rings (SSSR count). The van der Waals surface area contributed by atoms with Crippen molar-refractivity contribution in [3.8, 4) is 0 Å². The standard InChI is InChI=1S/C14H15F2N3O2.ClH/c1-8-9-4-2-3-5-10(9)19-13(21)11(8)12(20)18-7-14(15,16)6-17;/h2-5H,6-7,17H2,1H3,(H,18,20)(H,19,21);1H. The average Bonchev–Trinajstić information content (AvgIpc) is 2.45. The maximum Gasteiger partial charge on any atom is 0.277 e. The molecule has 5 nitrogen and oxygen atoms in total. The number of amides is 1. The van der Waals surface area contributed by atoms with Crippen LogP contribution in [0.4, 0.5) is 8.78 Å². The molecule has 0 aliphatic carbocycles. The first-order valence-corrected chi connectivity index (χ1v) is 6.33. The van der Waals surface area contributed by atoms with Crippen LogP contribution in [0.25, 0.3) is 10.9 Å². The molecular weight excluding hydrogens is 316 g/mol. The van der Waals surface area contributed by atoms with Crippen molar-refractivity contribution in [3.05, 3.63) is 45.7 Å². The number of para-hydroxylation sites is 1. The molecule has 0 unspecified atom stereocenters. The van der Waals surface area contributed by atoms with E-state index in [0.717, 1.165) is 0 Å². The summed E-state index contributed by atoms with van der Waals surface area (Å²) >= 11 is 0. The van der Waals surface area contributed by atoms with Gasteiger partial charge in [0.1, 0.15) is 5.56 Å². The first-order valence-electron chi connectivity index (χ1n) is 6.33. The van der Waals surface area contributed by atoms with Crippen molar-refractivity contribution >= 4 is 29.2 Å². The van der Waals surface area contributed by atoms with Gasteiger partial charge in [-0.2, -0.15) is 0 Å². The summed E-state index contributed by atoms with van der Waals surface area (Å²) in [6, 6.07) is 6.96. The van der Waals surface area contributed by atoms with Gasteiger partial charge in [-0.05, 0) is 18.6 Å². The van der Waals surface area contributed by atoms with E-state index < -0.39 is 30.5 Å². The first kappa shape index (κ1) is 18.1. The molecule has 120 valence electrons. The van der Waals surface area contributed by atoms with Crippen LogP contribution in [0.15, 0.2) is 29.1 Å². The van der Waals surface area contributed by atoms with Gasteiger partial charge in [0.25, 0.3) is 17.4 Å². The van der Waals surface area contributed by atoms with Crippen molar-refractivity contribution in [2.24, 2.45) is 5.73 Å². The van der Waals surface area contributed by atoms with E-state index in [1.807, 2.05) is 5.32 Å². The molecule has 0 fully saturated rings. The average molecular weight is 332 g/mol. The molecule has 0 atom stereocenters. The van der Waals surface area contributed by atoms with Crippen LogP contribution in [0.5, 0.6) is 0 Å². The summed E-state index contributed by atoms with van der Waals surface area (Å²) in [5.74, 6) is -4.04. The van der Waals surface area contributed by atoms with E-state index in [2.05, 4.69) is 4.98 Å². The van der Waals surface area contributed by atoms with Gasteiger partial charge >= 0.3 is 0 Å². The van der Waals surface area contributed by atoms with Gasteiger partial charge in [0, 0.05) is 10.9 Å². The third kappa shape index (κ3) is 3.61. The van der Waals surface area contributed by atoms with Crippen LogP contribution < -0.4 is 16.6 Å². The minimum Gasteiger partial charge on any atom is -0.346 e. The largest absolute Gasteiger partial charge is 0.346 e. The number of hydrogen-bond acceptors (Lipinski definition) is 3. The van der Waals surface area contributed by atoms with E-state index in [4.69, 9.17) is 5.73 Å². The first-order chi connectivity index (χ1) is 9.85. The summed E-state index contributed by atoms with van der Waals surface area (Å²) in [5.41, 5.74) is 5.15. The third-order valence-electron chi connectivity index (χ3n) is 3.21. The normalized spacial score (nSPS) is 11.1. The van der Waals surface area contributed by atoms with Crippen molar-refractivity contribution in [1.82, 2.24) is 10.3 Å². The molecule has 2 aromatic rings. The summed E-state index contributed by atoms with van der Waals surface area (Å²) in [6.45, 7) is -0.179. The zero-order valence-corrected chi connectivity index (χ0v) is 12.6. The Kier molecular flexibility index (Phi) is 5.62. The molecule has 0 saturated carbocycles. The Morgan fingerprint density at radius 3 is 2.64 bits per heavy atom. The number of pyridine rings is 1. The number of fused-ring (bicyclic) bond motifs is 1. The molecule has 0 spiro atoms. The summed E-state index contributed by atoms with van der Waals surface area (Å²) in [6.07, 6.45) is 0. The Balaban J connectivity index is 0.00000242. The number of alkyl halides is 2. The highest BCUT2D eigenvalue weighted by Gasteiger charge is 2.28.